The first-order valence-electron chi connectivity index (χ1n) is 9.58. The Labute approximate surface area is 148 Å². The van der Waals surface area contributed by atoms with Crippen LogP contribution in [0.15, 0.2) is 12.3 Å². The molecule has 1 aliphatic carbocycles. The monoisotopic (exact) mass is 348 g/mol. The Kier molecular flexibility index (Phi) is 4.94. The van der Waals surface area contributed by atoms with Crippen LogP contribution in [-0.2, 0) is 9.47 Å². The summed E-state index contributed by atoms with van der Waals surface area (Å²) < 4.78 is 12.1. The number of piperidine rings is 1. The molecule has 138 valence electrons. The number of hydrogen-bond donors (Lipinski definition) is 2. The zero-order valence-electron chi connectivity index (χ0n) is 14.7. The van der Waals surface area contributed by atoms with Gasteiger partial charge >= 0.3 is 6.03 Å². The van der Waals surface area contributed by atoms with Crippen LogP contribution in [0.25, 0.3) is 0 Å². The lowest BCUT2D eigenvalue weighted by atomic mass is 9.94. The SMILES string of the molecule is O=C(NC[C@H]1COC2(CCCCC2)O1)N1CCC[C@H](c2ccn[nH]2)C1. The van der Waals surface area contributed by atoms with Crippen LogP contribution in [0.5, 0.6) is 0 Å². The molecule has 2 saturated heterocycles. The van der Waals surface area contributed by atoms with E-state index in [2.05, 4.69) is 15.5 Å². The maximum Gasteiger partial charge on any atom is 0.317 e. The first-order valence-corrected chi connectivity index (χ1v) is 9.58. The quantitative estimate of drug-likeness (QED) is 0.879. The minimum absolute atomic E-state index is 0.00240. The fourth-order valence-corrected chi connectivity index (χ4v) is 4.29. The molecule has 0 aromatic carbocycles. The molecule has 0 radical (unpaired) electrons. The molecule has 1 saturated carbocycles. The Morgan fingerprint density at radius 1 is 1.36 bits per heavy atom. The van der Waals surface area contributed by atoms with E-state index in [1.54, 1.807) is 6.20 Å². The van der Waals surface area contributed by atoms with Gasteiger partial charge in [-0.25, -0.2) is 4.79 Å². The number of nitrogens with one attached hydrogen (secondary N) is 2. The molecule has 2 atom stereocenters. The van der Waals surface area contributed by atoms with E-state index in [0.717, 1.165) is 44.5 Å². The second kappa shape index (κ2) is 7.33. The van der Waals surface area contributed by atoms with Gasteiger partial charge in [0.2, 0.25) is 0 Å². The normalized spacial score (nSPS) is 29.0. The van der Waals surface area contributed by atoms with Gasteiger partial charge in [0.1, 0.15) is 6.10 Å². The molecule has 4 rings (SSSR count). The molecule has 1 aromatic rings. The van der Waals surface area contributed by atoms with Crippen LogP contribution in [0.2, 0.25) is 0 Å². The summed E-state index contributed by atoms with van der Waals surface area (Å²) in [5.74, 6) is -0.0247. The topological polar surface area (TPSA) is 79.5 Å². The van der Waals surface area contributed by atoms with Crippen molar-refractivity contribution in [1.82, 2.24) is 20.4 Å². The number of rotatable bonds is 3. The van der Waals surface area contributed by atoms with E-state index in [0.29, 0.717) is 19.1 Å². The molecule has 7 heteroatoms. The number of H-pyrrole nitrogens is 1. The van der Waals surface area contributed by atoms with Crippen LogP contribution in [0.3, 0.4) is 0 Å². The van der Waals surface area contributed by atoms with Gasteiger partial charge in [0, 0.05) is 50.3 Å². The van der Waals surface area contributed by atoms with Crippen LogP contribution in [0.4, 0.5) is 4.79 Å². The molecule has 3 heterocycles. The lowest BCUT2D eigenvalue weighted by Gasteiger charge is -2.33. The van der Waals surface area contributed by atoms with E-state index in [1.807, 2.05) is 11.0 Å². The molecule has 25 heavy (non-hydrogen) atoms. The third-order valence-electron chi connectivity index (χ3n) is 5.68. The van der Waals surface area contributed by atoms with Crippen molar-refractivity contribution in [3.05, 3.63) is 18.0 Å². The van der Waals surface area contributed by atoms with E-state index in [9.17, 15) is 4.79 Å². The highest BCUT2D eigenvalue weighted by atomic mass is 16.7. The number of nitrogens with zero attached hydrogens (tertiary/aromatic N) is 2. The number of aromatic nitrogens is 2. The van der Waals surface area contributed by atoms with Crippen molar-refractivity contribution >= 4 is 6.03 Å². The maximum absolute atomic E-state index is 12.5. The summed E-state index contributed by atoms with van der Waals surface area (Å²) >= 11 is 0. The summed E-state index contributed by atoms with van der Waals surface area (Å²) in [6.07, 6.45) is 9.41. The Bertz CT molecular complexity index is 571. The van der Waals surface area contributed by atoms with Crippen molar-refractivity contribution in [2.75, 3.05) is 26.2 Å². The van der Waals surface area contributed by atoms with Gasteiger partial charge < -0.3 is 19.7 Å². The van der Waals surface area contributed by atoms with Crippen molar-refractivity contribution in [3.8, 4) is 0 Å². The van der Waals surface area contributed by atoms with Crippen molar-refractivity contribution < 1.29 is 14.3 Å². The summed E-state index contributed by atoms with van der Waals surface area (Å²) in [5, 5.41) is 10.1. The number of carbonyl (C=O) groups excluding carboxylic acids is 1. The molecule has 0 unspecified atom stereocenters. The van der Waals surface area contributed by atoms with E-state index >= 15 is 0 Å². The highest BCUT2D eigenvalue weighted by Crippen LogP contribution is 2.37. The van der Waals surface area contributed by atoms with Gasteiger partial charge in [-0.2, -0.15) is 5.10 Å². The average Bonchev–Trinajstić information content (AvgIpc) is 3.31. The number of carbonyl (C=O) groups is 1. The predicted molar refractivity (Wildman–Crippen MR) is 92.2 cm³/mol. The molecule has 2 N–H and O–H groups in total. The van der Waals surface area contributed by atoms with Crippen LogP contribution in [-0.4, -0.2) is 59.3 Å². The smallest absolute Gasteiger partial charge is 0.317 e. The number of likely N-dealkylation sites (tertiary alicyclic amines) is 1. The lowest BCUT2D eigenvalue weighted by molar-refractivity contribution is -0.186. The Balaban J connectivity index is 1.25. The molecule has 2 aliphatic heterocycles. The molecular weight excluding hydrogens is 320 g/mol. The summed E-state index contributed by atoms with van der Waals surface area (Å²) in [6.45, 7) is 2.64. The molecular formula is C18H28N4O3. The van der Waals surface area contributed by atoms with Gasteiger partial charge in [0.05, 0.1) is 6.61 Å². The standard InChI is InChI=1S/C18H28N4O3/c23-17(22-10-4-5-14(12-22)16-6-9-20-21-16)19-11-15-13-24-18(25-15)7-2-1-3-8-18/h6,9,14-15H,1-5,7-8,10-13H2,(H,19,23)(H,20,21)/t14-,15-/m0/s1. The van der Waals surface area contributed by atoms with E-state index in [4.69, 9.17) is 9.47 Å². The fraction of sp³-hybridized carbons (Fsp3) is 0.778. The second-order valence-electron chi connectivity index (χ2n) is 7.51. The highest BCUT2D eigenvalue weighted by Gasteiger charge is 2.42. The minimum atomic E-state index is -0.371. The van der Waals surface area contributed by atoms with E-state index in [-0.39, 0.29) is 17.9 Å². The minimum Gasteiger partial charge on any atom is -0.347 e. The molecule has 3 aliphatic rings. The van der Waals surface area contributed by atoms with Gasteiger partial charge in [0.25, 0.3) is 0 Å². The summed E-state index contributed by atoms with van der Waals surface area (Å²) in [6, 6.07) is 2.00. The lowest BCUT2D eigenvalue weighted by Crippen LogP contribution is -2.47. The van der Waals surface area contributed by atoms with Gasteiger partial charge in [-0.05, 0) is 31.7 Å². The zero-order chi connectivity index (χ0) is 17.1. The van der Waals surface area contributed by atoms with Crippen LogP contribution in [0.1, 0.15) is 56.6 Å². The molecule has 0 bridgehead atoms. The van der Waals surface area contributed by atoms with Crippen molar-refractivity contribution in [1.29, 1.82) is 0 Å². The third kappa shape index (κ3) is 3.82. The molecule has 7 nitrogen and oxygen atoms in total. The number of amides is 2. The van der Waals surface area contributed by atoms with Gasteiger partial charge in [-0.3, -0.25) is 5.10 Å². The average molecular weight is 348 g/mol. The first-order chi connectivity index (χ1) is 12.2. The Morgan fingerprint density at radius 3 is 3.04 bits per heavy atom. The van der Waals surface area contributed by atoms with Crippen molar-refractivity contribution in [3.63, 3.8) is 0 Å². The molecule has 1 aromatic heterocycles. The van der Waals surface area contributed by atoms with E-state index < -0.39 is 0 Å². The van der Waals surface area contributed by atoms with Crippen LogP contribution >= 0.6 is 0 Å². The summed E-state index contributed by atoms with van der Waals surface area (Å²) in [5.41, 5.74) is 1.12. The number of ether oxygens (including phenoxy) is 2. The summed E-state index contributed by atoms with van der Waals surface area (Å²) in [4.78, 5) is 14.4. The highest BCUT2D eigenvalue weighted by molar-refractivity contribution is 5.74. The summed E-state index contributed by atoms with van der Waals surface area (Å²) in [7, 11) is 0. The number of aromatic amines is 1. The maximum atomic E-state index is 12.5. The number of urea groups is 1. The largest absolute Gasteiger partial charge is 0.347 e. The van der Waals surface area contributed by atoms with E-state index in [1.165, 1.54) is 19.3 Å². The first kappa shape index (κ1) is 16.8. The molecule has 2 amide bonds. The van der Waals surface area contributed by atoms with Crippen LogP contribution < -0.4 is 5.32 Å². The van der Waals surface area contributed by atoms with Crippen LogP contribution in [0, 0.1) is 0 Å². The Hall–Kier alpha value is -1.60. The molecule has 3 fully saturated rings. The van der Waals surface area contributed by atoms with Gasteiger partial charge in [-0.1, -0.05) is 6.42 Å². The van der Waals surface area contributed by atoms with Gasteiger partial charge in [0.15, 0.2) is 5.79 Å². The molecule has 1 spiro atoms. The zero-order valence-corrected chi connectivity index (χ0v) is 14.7. The van der Waals surface area contributed by atoms with Crippen molar-refractivity contribution in [2.45, 2.75) is 62.8 Å². The number of hydrogen-bond acceptors (Lipinski definition) is 4. The third-order valence-corrected chi connectivity index (χ3v) is 5.68. The van der Waals surface area contributed by atoms with Crippen molar-refractivity contribution in [2.24, 2.45) is 0 Å². The second-order valence-corrected chi connectivity index (χ2v) is 7.51. The fourth-order valence-electron chi connectivity index (χ4n) is 4.29. The van der Waals surface area contributed by atoms with Gasteiger partial charge in [-0.15, -0.1) is 0 Å². The Morgan fingerprint density at radius 2 is 2.24 bits per heavy atom. The predicted octanol–water partition coefficient (Wildman–Crippen LogP) is 2.37.